The van der Waals surface area contributed by atoms with Crippen LogP contribution in [0.2, 0.25) is 0 Å². The molecular formula is C26H37N7O2. The van der Waals surface area contributed by atoms with Crippen LogP contribution >= 0.6 is 0 Å². The summed E-state index contributed by atoms with van der Waals surface area (Å²) in [7, 11) is 1.67. The number of ether oxygens (including phenoxy) is 1. The number of aromatic amines is 1. The SMILES string of the molecule is COCCn1nnnc1C(c1cc2cc(C)cc(C)c2[nH]c1=O)N1CCN(C2CCCCC2)CC1. The van der Waals surface area contributed by atoms with Gasteiger partial charge in [0.1, 0.15) is 6.04 Å². The molecule has 1 atom stereocenters. The van der Waals surface area contributed by atoms with Crippen molar-refractivity contribution in [2.75, 3.05) is 39.9 Å². The van der Waals surface area contributed by atoms with E-state index in [-0.39, 0.29) is 11.6 Å². The minimum Gasteiger partial charge on any atom is -0.383 e. The zero-order chi connectivity index (χ0) is 24.4. The minimum atomic E-state index is -0.315. The van der Waals surface area contributed by atoms with Gasteiger partial charge in [-0.05, 0) is 60.2 Å². The van der Waals surface area contributed by atoms with Gasteiger partial charge in [0, 0.05) is 44.9 Å². The van der Waals surface area contributed by atoms with Crippen LogP contribution in [0.1, 0.15) is 60.7 Å². The minimum absolute atomic E-state index is 0.0783. The average Bonchev–Trinajstić information content (AvgIpc) is 3.33. The molecule has 0 spiro atoms. The molecule has 9 nitrogen and oxygen atoms in total. The van der Waals surface area contributed by atoms with Gasteiger partial charge in [-0.15, -0.1) is 5.10 Å². The molecule has 1 unspecified atom stereocenters. The van der Waals surface area contributed by atoms with Crippen molar-refractivity contribution in [3.63, 3.8) is 0 Å². The van der Waals surface area contributed by atoms with Crippen LogP contribution in [0.3, 0.4) is 0 Å². The molecule has 1 N–H and O–H groups in total. The molecule has 1 aliphatic carbocycles. The number of tetrazole rings is 1. The number of benzene rings is 1. The van der Waals surface area contributed by atoms with Crippen LogP contribution in [0.5, 0.6) is 0 Å². The zero-order valence-corrected chi connectivity index (χ0v) is 21.2. The van der Waals surface area contributed by atoms with Gasteiger partial charge >= 0.3 is 0 Å². The van der Waals surface area contributed by atoms with E-state index in [2.05, 4.69) is 49.4 Å². The van der Waals surface area contributed by atoms with Crippen molar-refractivity contribution in [2.24, 2.45) is 0 Å². The molecule has 0 amide bonds. The Morgan fingerprint density at radius 3 is 2.60 bits per heavy atom. The monoisotopic (exact) mass is 479 g/mol. The molecule has 3 aromatic rings. The number of hydrogen-bond donors (Lipinski definition) is 1. The molecule has 2 aromatic heterocycles. The molecule has 1 saturated heterocycles. The molecule has 2 fully saturated rings. The van der Waals surface area contributed by atoms with Gasteiger partial charge in [0.25, 0.3) is 5.56 Å². The highest BCUT2D eigenvalue weighted by Gasteiger charge is 2.34. The summed E-state index contributed by atoms with van der Waals surface area (Å²) in [6.45, 7) is 8.94. The van der Waals surface area contributed by atoms with Crippen molar-refractivity contribution < 1.29 is 4.74 Å². The van der Waals surface area contributed by atoms with Crippen molar-refractivity contribution in [3.05, 3.63) is 51.1 Å². The van der Waals surface area contributed by atoms with Gasteiger partial charge in [-0.1, -0.05) is 30.9 Å². The van der Waals surface area contributed by atoms with Crippen molar-refractivity contribution in [2.45, 2.75) is 64.6 Å². The number of aryl methyl sites for hydroxylation is 2. The summed E-state index contributed by atoms with van der Waals surface area (Å²) in [6.07, 6.45) is 6.66. The second-order valence-corrected chi connectivity index (χ2v) is 10.1. The Bertz CT molecular complexity index is 1210. The summed E-state index contributed by atoms with van der Waals surface area (Å²) in [6, 6.07) is 6.66. The third kappa shape index (κ3) is 5.03. The van der Waals surface area contributed by atoms with Crippen LogP contribution in [0, 0.1) is 13.8 Å². The number of H-pyrrole nitrogens is 1. The molecular weight excluding hydrogens is 442 g/mol. The first-order valence-electron chi connectivity index (χ1n) is 12.9. The van der Waals surface area contributed by atoms with E-state index in [0.717, 1.165) is 42.6 Å². The highest BCUT2D eigenvalue weighted by molar-refractivity contribution is 5.83. The fourth-order valence-electron chi connectivity index (χ4n) is 5.96. The first-order valence-corrected chi connectivity index (χ1v) is 12.9. The van der Waals surface area contributed by atoms with Gasteiger partial charge in [-0.3, -0.25) is 14.6 Å². The van der Waals surface area contributed by atoms with Crippen LogP contribution in [0.25, 0.3) is 10.9 Å². The first-order chi connectivity index (χ1) is 17.0. The van der Waals surface area contributed by atoms with Crippen LogP contribution in [0.15, 0.2) is 23.0 Å². The lowest BCUT2D eigenvalue weighted by molar-refractivity contribution is 0.0612. The van der Waals surface area contributed by atoms with E-state index in [4.69, 9.17) is 4.74 Å². The number of hydrogen-bond acceptors (Lipinski definition) is 7. The molecule has 35 heavy (non-hydrogen) atoms. The van der Waals surface area contributed by atoms with Crippen LogP contribution in [0.4, 0.5) is 0 Å². The molecule has 0 bridgehead atoms. The molecule has 188 valence electrons. The van der Waals surface area contributed by atoms with E-state index in [1.165, 1.54) is 37.7 Å². The van der Waals surface area contributed by atoms with Crippen molar-refractivity contribution in [1.82, 2.24) is 35.0 Å². The normalized spacial score (nSPS) is 19.4. The lowest BCUT2D eigenvalue weighted by Crippen LogP contribution is -2.52. The number of nitrogens with zero attached hydrogens (tertiary/aromatic N) is 6. The van der Waals surface area contributed by atoms with Crippen LogP contribution in [-0.4, -0.2) is 80.9 Å². The van der Waals surface area contributed by atoms with Gasteiger partial charge in [-0.25, -0.2) is 4.68 Å². The molecule has 5 rings (SSSR count). The van der Waals surface area contributed by atoms with E-state index in [9.17, 15) is 4.79 Å². The van der Waals surface area contributed by atoms with E-state index in [1.807, 2.05) is 13.0 Å². The third-order valence-electron chi connectivity index (χ3n) is 7.73. The van der Waals surface area contributed by atoms with E-state index < -0.39 is 0 Å². The number of methoxy groups -OCH3 is 1. The smallest absolute Gasteiger partial charge is 0.253 e. The maximum absolute atomic E-state index is 13.5. The molecule has 0 radical (unpaired) electrons. The Morgan fingerprint density at radius 2 is 1.86 bits per heavy atom. The third-order valence-corrected chi connectivity index (χ3v) is 7.73. The molecule has 3 heterocycles. The van der Waals surface area contributed by atoms with Gasteiger partial charge in [0.15, 0.2) is 5.82 Å². The summed E-state index contributed by atoms with van der Waals surface area (Å²) in [5, 5.41) is 13.7. The Kier molecular flexibility index (Phi) is 7.27. The Morgan fingerprint density at radius 1 is 1.09 bits per heavy atom. The summed E-state index contributed by atoms with van der Waals surface area (Å²) >= 11 is 0. The number of fused-ring (bicyclic) bond motifs is 1. The van der Waals surface area contributed by atoms with Gasteiger partial charge in [0.2, 0.25) is 0 Å². The second kappa shape index (κ2) is 10.6. The van der Waals surface area contributed by atoms with E-state index in [1.54, 1.807) is 11.8 Å². The largest absolute Gasteiger partial charge is 0.383 e. The molecule has 9 heteroatoms. The maximum atomic E-state index is 13.5. The fraction of sp³-hybridized carbons (Fsp3) is 0.615. The van der Waals surface area contributed by atoms with Crippen molar-refractivity contribution >= 4 is 10.9 Å². The number of piperazine rings is 1. The number of pyridine rings is 1. The standard InChI is InChI=1S/C26H37N7O2/c1-18-15-19(2)23-20(16-18)17-22(26(34)27-23)24(25-28-29-30-33(25)13-14-35-3)32-11-9-31(10-12-32)21-7-5-4-6-8-21/h15-17,21,24H,4-14H2,1-3H3,(H,27,34). The molecule has 1 aliphatic heterocycles. The fourth-order valence-corrected chi connectivity index (χ4v) is 5.96. The van der Waals surface area contributed by atoms with Gasteiger partial charge in [-0.2, -0.15) is 0 Å². The maximum Gasteiger partial charge on any atom is 0.253 e. The number of nitrogens with one attached hydrogen (secondary N) is 1. The van der Waals surface area contributed by atoms with E-state index in [0.29, 0.717) is 30.6 Å². The zero-order valence-electron chi connectivity index (χ0n) is 21.2. The second-order valence-electron chi connectivity index (χ2n) is 10.1. The average molecular weight is 480 g/mol. The van der Waals surface area contributed by atoms with Gasteiger partial charge < -0.3 is 9.72 Å². The number of aromatic nitrogens is 5. The van der Waals surface area contributed by atoms with Crippen molar-refractivity contribution in [1.29, 1.82) is 0 Å². The summed E-state index contributed by atoms with van der Waals surface area (Å²) in [5.41, 5.74) is 3.76. The predicted octanol–water partition coefficient (Wildman–Crippen LogP) is 2.82. The predicted molar refractivity (Wildman–Crippen MR) is 136 cm³/mol. The lowest BCUT2D eigenvalue weighted by Gasteiger charge is -2.43. The highest BCUT2D eigenvalue weighted by Crippen LogP contribution is 2.30. The summed E-state index contributed by atoms with van der Waals surface area (Å²) in [4.78, 5) is 21.7. The number of rotatable bonds is 7. The Labute approximate surface area is 206 Å². The molecule has 1 saturated carbocycles. The Hall–Kier alpha value is -2.62. The van der Waals surface area contributed by atoms with Crippen LogP contribution in [-0.2, 0) is 11.3 Å². The summed E-state index contributed by atoms with van der Waals surface area (Å²) < 4.78 is 7.07. The topological polar surface area (TPSA) is 92.2 Å². The molecule has 1 aromatic carbocycles. The lowest BCUT2D eigenvalue weighted by atomic mass is 9.93. The van der Waals surface area contributed by atoms with Crippen LogP contribution < -0.4 is 5.56 Å². The highest BCUT2D eigenvalue weighted by atomic mass is 16.5. The quantitative estimate of drug-likeness (QED) is 0.557. The van der Waals surface area contributed by atoms with Crippen molar-refractivity contribution in [3.8, 4) is 0 Å². The van der Waals surface area contributed by atoms with Gasteiger partial charge in [0.05, 0.1) is 18.7 Å². The first kappa shape index (κ1) is 24.1. The van der Waals surface area contributed by atoms with E-state index >= 15 is 0 Å². The Balaban J connectivity index is 1.51. The summed E-state index contributed by atoms with van der Waals surface area (Å²) in [5.74, 6) is 0.697. The molecule has 2 aliphatic rings.